The molecule has 1 aliphatic carbocycles. The summed E-state index contributed by atoms with van der Waals surface area (Å²) in [6, 6.07) is 20.5. The molecule has 2 aromatic carbocycles. The molecular formula is C26H32N3O2+. The Kier molecular flexibility index (Phi) is 6.23. The van der Waals surface area contributed by atoms with Crippen molar-refractivity contribution >= 4 is 5.91 Å². The Morgan fingerprint density at radius 2 is 1.71 bits per heavy atom. The van der Waals surface area contributed by atoms with Crippen LogP contribution in [0.3, 0.4) is 0 Å². The second-order valence-corrected chi connectivity index (χ2v) is 8.51. The van der Waals surface area contributed by atoms with E-state index in [-0.39, 0.29) is 11.8 Å². The summed E-state index contributed by atoms with van der Waals surface area (Å²) in [5.41, 5.74) is 7.37. The molecule has 1 amide bonds. The molecule has 0 unspecified atom stereocenters. The summed E-state index contributed by atoms with van der Waals surface area (Å²) in [6.07, 6.45) is 7.17. The summed E-state index contributed by atoms with van der Waals surface area (Å²) in [5, 5.41) is 0. The van der Waals surface area contributed by atoms with E-state index < -0.39 is 5.41 Å². The van der Waals surface area contributed by atoms with Crippen molar-refractivity contribution in [2.75, 3.05) is 13.7 Å². The van der Waals surface area contributed by atoms with Crippen molar-refractivity contribution in [3.8, 4) is 0 Å². The number of amides is 1. The van der Waals surface area contributed by atoms with Crippen molar-refractivity contribution in [1.82, 2.24) is 4.57 Å². The first-order chi connectivity index (χ1) is 15.1. The third kappa shape index (κ3) is 3.79. The number of methoxy groups -OCH3 is 1. The SMILES string of the molecule is COCC[n+]1ccn([C@@H]2CC[C@H](C(C(N)=O)(c3ccccc3)c3ccccc3)C2)c1C. The molecule has 162 valence electrons. The number of nitrogens with zero attached hydrogens (tertiary/aromatic N) is 2. The van der Waals surface area contributed by atoms with Crippen LogP contribution < -0.4 is 10.3 Å². The van der Waals surface area contributed by atoms with Crippen molar-refractivity contribution in [3.05, 3.63) is 90.0 Å². The minimum absolute atomic E-state index is 0.133. The molecule has 5 nitrogen and oxygen atoms in total. The fourth-order valence-corrected chi connectivity index (χ4v) is 5.46. The number of aromatic nitrogens is 2. The van der Waals surface area contributed by atoms with Crippen LogP contribution in [0.2, 0.25) is 0 Å². The third-order valence-electron chi connectivity index (χ3n) is 6.99. The molecule has 1 aliphatic rings. The summed E-state index contributed by atoms with van der Waals surface area (Å²) in [7, 11) is 1.73. The molecular weight excluding hydrogens is 386 g/mol. The number of carbonyl (C=O) groups excluding carboxylic acids is 1. The van der Waals surface area contributed by atoms with Crippen molar-refractivity contribution in [3.63, 3.8) is 0 Å². The topological polar surface area (TPSA) is 61.1 Å². The van der Waals surface area contributed by atoms with Crippen LogP contribution in [0.25, 0.3) is 0 Å². The maximum Gasteiger partial charge on any atom is 0.253 e. The normalized spacial score (nSPS) is 18.9. The number of hydrogen-bond donors (Lipinski definition) is 1. The Labute approximate surface area is 184 Å². The van der Waals surface area contributed by atoms with Crippen LogP contribution in [0.5, 0.6) is 0 Å². The predicted octanol–water partition coefficient (Wildman–Crippen LogP) is 3.54. The Morgan fingerprint density at radius 1 is 1.10 bits per heavy atom. The van der Waals surface area contributed by atoms with Gasteiger partial charge in [0.1, 0.15) is 30.4 Å². The largest absolute Gasteiger partial charge is 0.381 e. The maximum absolute atomic E-state index is 13.2. The molecule has 31 heavy (non-hydrogen) atoms. The molecule has 2 atom stereocenters. The maximum atomic E-state index is 13.2. The lowest BCUT2D eigenvalue weighted by molar-refractivity contribution is -0.703. The van der Waals surface area contributed by atoms with Gasteiger partial charge in [-0.3, -0.25) is 4.79 Å². The van der Waals surface area contributed by atoms with Crippen LogP contribution >= 0.6 is 0 Å². The quantitative estimate of drug-likeness (QED) is 0.569. The van der Waals surface area contributed by atoms with Gasteiger partial charge in [-0.1, -0.05) is 60.7 Å². The number of primary amides is 1. The summed E-state index contributed by atoms with van der Waals surface area (Å²) in [5.74, 6) is 1.08. The van der Waals surface area contributed by atoms with E-state index in [1.807, 2.05) is 60.7 Å². The highest BCUT2D eigenvalue weighted by Crippen LogP contribution is 2.49. The van der Waals surface area contributed by atoms with Crippen LogP contribution in [0.4, 0.5) is 0 Å². The van der Waals surface area contributed by atoms with Gasteiger partial charge in [0, 0.05) is 14.0 Å². The molecule has 1 heterocycles. The van der Waals surface area contributed by atoms with E-state index in [1.54, 1.807) is 7.11 Å². The number of ether oxygens (including phenoxy) is 1. The Morgan fingerprint density at radius 3 is 2.26 bits per heavy atom. The van der Waals surface area contributed by atoms with E-state index in [1.165, 1.54) is 5.82 Å². The first-order valence-electron chi connectivity index (χ1n) is 11.1. The van der Waals surface area contributed by atoms with Gasteiger partial charge in [0.05, 0.1) is 6.61 Å². The van der Waals surface area contributed by atoms with Crippen molar-refractivity contribution in [1.29, 1.82) is 0 Å². The van der Waals surface area contributed by atoms with Gasteiger partial charge in [0.15, 0.2) is 0 Å². The van der Waals surface area contributed by atoms with Gasteiger partial charge in [-0.15, -0.1) is 0 Å². The lowest BCUT2D eigenvalue weighted by Gasteiger charge is -2.37. The van der Waals surface area contributed by atoms with E-state index in [9.17, 15) is 4.79 Å². The van der Waals surface area contributed by atoms with Gasteiger partial charge < -0.3 is 10.5 Å². The summed E-state index contributed by atoms with van der Waals surface area (Å²) in [6.45, 7) is 3.68. The van der Waals surface area contributed by atoms with Crippen LogP contribution in [0.1, 0.15) is 42.3 Å². The van der Waals surface area contributed by atoms with Gasteiger partial charge in [-0.25, -0.2) is 9.13 Å². The van der Waals surface area contributed by atoms with Gasteiger partial charge in [-0.05, 0) is 36.3 Å². The van der Waals surface area contributed by atoms with Crippen molar-refractivity contribution in [2.24, 2.45) is 11.7 Å². The lowest BCUT2D eigenvalue weighted by Crippen LogP contribution is -2.47. The standard InChI is InChI=1S/C26H31N3O2/c1-20-28(17-18-31-2)15-16-29(20)24-14-13-23(19-24)26(25(27)30,21-9-5-3-6-10-21)22-11-7-4-8-12-22/h3-12,15-16,23-24H,13-14,17-19H2,1-2H3,(H-,27,30)/p+1/t23-,24+/m0/s1. The lowest BCUT2D eigenvalue weighted by atomic mass is 9.64. The number of hydrogen-bond acceptors (Lipinski definition) is 2. The molecule has 1 aromatic heterocycles. The van der Waals surface area contributed by atoms with Crippen molar-refractivity contribution in [2.45, 2.75) is 44.2 Å². The number of benzene rings is 2. The zero-order valence-electron chi connectivity index (χ0n) is 18.4. The molecule has 4 rings (SSSR count). The summed E-state index contributed by atoms with van der Waals surface area (Å²) >= 11 is 0. The second-order valence-electron chi connectivity index (χ2n) is 8.51. The van der Waals surface area contributed by atoms with E-state index in [4.69, 9.17) is 10.5 Å². The molecule has 1 fully saturated rings. The van der Waals surface area contributed by atoms with Crippen LogP contribution in [-0.2, 0) is 21.5 Å². The molecule has 1 saturated carbocycles. The third-order valence-corrected chi connectivity index (χ3v) is 6.99. The van der Waals surface area contributed by atoms with Gasteiger partial charge in [0.2, 0.25) is 5.91 Å². The van der Waals surface area contributed by atoms with E-state index >= 15 is 0 Å². The first kappa shape index (κ1) is 21.3. The highest BCUT2D eigenvalue weighted by Gasteiger charge is 2.51. The highest BCUT2D eigenvalue weighted by atomic mass is 16.5. The minimum Gasteiger partial charge on any atom is -0.381 e. The predicted molar refractivity (Wildman–Crippen MR) is 120 cm³/mol. The molecule has 0 saturated heterocycles. The fourth-order valence-electron chi connectivity index (χ4n) is 5.46. The van der Waals surface area contributed by atoms with Gasteiger partial charge in [-0.2, -0.15) is 0 Å². The molecule has 0 spiro atoms. The number of carbonyl (C=O) groups is 1. The number of imidazole rings is 1. The Balaban J connectivity index is 1.72. The summed E-state index contributed by atoms with van der Waals surface area (Å²) in [4.78, 5) is 13.2. The number of rotatable bonds is 8. The van der Waals surface area contributed by atoms with Crippen LogP contribution in [-0.4, -0.2) is 24.2 Å². The average molecular weight is 419 g/mol. The summed E-state index contributed by atoms with van der Waals surface area (Å²) < 4.78 is 9.83. The van der Waals surface area contributed by atoms with Crippen molar-refractivity contribution < 1.29 is 14.1 Å². The number of nitrogens with two attached hydrogens (primary N) is 1. The smallest absolute Gasteiger partial charge is 0.253 e. The molecule has 0 aliphatic heterocycles. The zero-order chi connectivity index (χ0) is 21.8. The zero-order valence-corrected chi connectivity index (χ0v) is 18.4. The monoisotopic (exact) mass is 418 g/mol. The molecule has 0 bridgehead atoms. The Hall–Kier alpha value is -2.92. The van der Waals surface area contributed by atoms with Crippen LogP contribution in [0.15, 0.2) is 73.1 Å². The highest BCUT2D eigenvalue weighted by molar-refractivity contribution is 5.91. The minimum atomic E-state index is -0.829. The van der Waals surface area contributed by atoms with Crippen LogP contribution in [0, 0.1) is 12.8 Å². The second kappa shape index (κ2) is 9.06. The first-order valence-corrected chi connectivity index (χ1v) is 11.1. The van der Waals surface area contributed by atoms with E-state index in [0.717, 1.165) is 36.9 Å². The Bertz CT molecular complexity index is 974. The fraction of sp³-hybridized carbons (Fsp3) is 0.385. The van der Waals surface area contributed by atoms with Gasteiger partial charge >= 0.3 is 0 Å². The molecule has 0 radical (unpaired) electrons. The van der Waals surface area contributed by atoms with E-state index in [0.29, 0.717) is 12.6 Å². The molecule has 3 aromatic rings. The molecule has 5 heteroatoms. The van der Waals surface area contributed by atoms with E-state index in [2.05, 4.69) is 28.5 Å². The van der Waals surface area contributed by atoms with Gasteiger partial charge in [0.25, 0.3) is 5.82 Å². The average Bonchev–Trinajstić information content (AvgIpc) is 3.41. The molecule has 2 N–H and O–H groups in total.